The molecule has 2 aliphatic rings. The summed E-state index contributed by atoms with van der Waals surface area (Å²) in [4.78, 5) is 20.6. The van der Waals surface area contributed by atoms with E-state index < -0.39 is 10.0 Å². The molecule has 0 radical (unpaired) electrons. The zero-order valence-corrected chi connectivity index (χ0v) is 24.7. The Hall–Kier alpha value is -3.46. The zero-order valence-electron chi connectivity index (χ0n) is 23.1. The molecular weight excluding hydrogens is 556 g/mol. The van der Waals surface area contributed by atoms with Crippen LogP contribution in [0.3, 0.4) is 0 Å². The lowest BCUT2D eigenvalue weighted by Crippen LogP contribution is -2.34. The number of nitrogens with one attached hydrogen (secondary N) is 1. The molecule has 0 spiro atoms. The molecule has 7 nitrogen and oxygen atoms in total. The van der Waals surface area contributed by atoms with Gasteiger partial charge in [-0.1, -0.05) is 48.0 Å². The summed E-state index contributed by atoms with van der Waals surface area (Å²) in [7, 11) is -1.81. The molecule has 4 aromatic rings. The van der Waals surface area contributed by atoms with Gasteiger partial charge in [-0.15, -0.1) is 0 Å². The van der Waals surface area contributed by atoms with Gasteiger partial charge < -0.3 is 9.47 Å². The van der Waals surface area contributed by atoms with Crippen LogP contribution in [-0.4, -0.2) is 23.9 Å². The van der Waals surface area contributed by atoms with E-state index in [0.29, 0.717) is 18.0 Å². The molecule has 1 fully saturated rings. The van der Waals surface area contributed by atoms with E-state index in [1.807, 2.05) is 73.3 Å². The molecule has 1 heterocycles. The Balaban J connectivity index is 1.32. The number of aryl methyl sites for hydroxylation is 3. The molecule has 212 valence electrons. The molecule has 0 bridgehead atoms. The molecular formula is C32H33ClN4O3S. The number of nitrogens with zero attached hydrogens (tertiary/aromatic N) is 3. The summed E-state index contributed by atoms with van der Waals surface area (Å²) in [6.45, 7) is 2.19. The van der Waals surface area contributed by atoms with Gasteiger partial charge >= 0.3 is 0 Å². The van der Waals surface area contributed by atoms with Crippen molar-refractivity contribution in [2.75, 3.05) is 4.90 Å². The molecule has 6 rings (SSSR count). The number of hydrogen-bond acceptors (Lipinski definition) is 4. The van der Waals surface area contributed by atoms with E-state index in [-0.39, 0.29) is 28.7 Å². The number of aromatic nitrogens is 2. The fourth-order valence-electron chi connectivity index (χ4n) is 5.89. The summed E-state index contributed by atoms with van der Waals surface area (Å²) in [6, 6.07) is 20.3. The summed E-state index contributed by atoms with van der Waals surface area (Å²) in [6.07, 6.45) is 6.76. The predicted octanol–water partition coefficient (Wildman–Crippen LogP) is 6.07. The van der Waals surface area contributed by atoms with Gasteiger partial charge in [-0.05, 0) is 91.1 Å². The van der Waals surface area contributed by atoms with Crippen molar-refractivity contribution >= 4 is 33.2 Å². The van der Waals surface area contributed by atoms with E-state index in [1.54, 1.807) is 29.3 Å². The van der Waals surface area contributed by atoms with Gasteiger partial charge in [0.2, 0.25) is 15.9 Å². The minimum atomic E-state index is -3.72. The number of rotatable bonds is 8. The number of hydrogen-bond donors (Lipinski definition) is 1. The normalized spacial score (nSPS) is 19.9. The van der Waals surface area contributed by atoms with E-state index in [9.17, 15) is 13.2 Å². The second kappa shape index (κ2) is 11.1. The number of halogens is 1. The van der Waals surface area contributed by atoms with E-state index in [4.69, 9.17) is 11.6 Å². The number of imidazole rings is 1. The highest BCUT2D eigenvalue weighted by molar-refractivity contribution is 7.89. The lowest BCUT2D eigenvalue weighted by atomic mass is 9.87. The molecule has 41 heavy (non-hydrogen) atoms. The van der Waals surface area contributed by atoms with Crippen molar-refractivity contribution in [2.45, 2.75) is 56.0 Å². The van der Waals surface area contributed by atoms with Crippen LogP contribution in [0.4, 0.5) is 5.69 Å². The molecule has 3 atom stereocenters. The van der Waals surface area contributed by atoms with Gasteiger partial charge in [-0.3, -0.25) is 4.79 Å². The first-order valence-corrected chi connectivity index (χ1v) is 15.8. The summed E-state index contributed by atoms with van der Waals surface area (Å²) in [5, 5.41) is 0.681. The number of carbonyl (C=O) groups excluding carboxylic acids is 1. The van der Waals surface area contributed by atoms with Crippen LogP contribution in [-0.2, 0) is 34.8 Å². The number of amides is 1. The maximum Gasteiger partial charge on any atom is 0.241 e. The Morgan fingerprint density at radius 2 is 1.93 bits per heavy atom. The largest absolute Gasteiger partial charge is 0.337 e. The first kappa shape index (κ1) is 27.7. The van der Waals surface area contributed by atoms with Crippen molar-refractivity contribution in [3.63, 3.8) is 0 Å². The molecule has 9 heteroatoms. The Labute approximate surface area is 246 Å². The van der Waals surface area contributed by atoms with Crippen LogP contribution in [0, 0.1) is 12.8 Å². The van der Waals surface area contributed by atoms with Crippen molar-refractivity contribution < 1.29 is 13.2 Å². The standard InChI is InChI=1S/C32H33ClN4O3S/c1-21-7-5-9-24(17-21)41(39,40)35-30-12-6-8-22-13-14-23(18-26(22)30)37(20-31-34-15-16-36(31)2)32(38)28-19-27(28)25-10-3-4-11-29(25)33/h3-5,7,9-11,13-18,27-28,30,35H,6,8,12,19-20H2,1-2H3/t27-,28-,30+/m0/s1. The van der Waals surface area contributed by atoms with Crippen LogP contribution in [0.25, 0.3) is 0 Å². The maximum absolute atomic E-state index is 14.1. The number of fused-ring (bicyclic) bond motifs is 1. The van der Waals surface area contributed by atoms with Crippen LogP contribution in [0.2, 0.25) is 5.02 Å². The third-order valence-electron chi connectivity index (χ3n) is 8.25. The van der Waals surface area contributed by atoms with E-state index in [2.05, 4.69) is 9.71 Å². The second-order valence-electron chi connectivity index (χ2n) is 11.1. The molecule has 1 N–H and O–H groups in total. The molecule has 2 aliphatic carbocycles. The fraction of sp³-hybridized carbons (Fsp3) is 0.312. The highest BCUT2D eigenvalue weighted by Crippen LogP contribution is 2.51. The Morgan fingerprint density at radius 1 is 1.10 bits per heavy atom. The van der Waals surface area contributed by atoms with Gasteiger partial charge in [-0.2, -0.15) is 0 Å². The summed E-state index contributed by atoms with van der Waals surface area (Å²) in [5.41, 5.74) is 4.64. The number of benzene rings is 3. The van der Waals surface area contributed by atoms with Crippen molar-refractivity contribution in [3.8, 4) is 0 Å². The first-order chi connectivity index (χ1) is 19.7. The summed E-state index contributed by atoms with van der Waals surface area (Å²) < 4.78 is 31.5. The monoisotopic (exact) mass is 588 g/mol. The molecule has 1 saturated carbocycles. The maximum atomic E-state index is 14.1. The average Bonchev–Trinajstić information content (AvgIpc) is 3.65. The Kier molecular flexibility index (Phi) is 7.49. The highest BCUT2D eigenvalue weighted by Gasteiger charge is 2.47. The quantitative estimate of drug-likeness (QED) is 0.271. The van der Waals surface area contributed by atoms with Gasteiger partial charge in [0.05, 0.1) is 11.4 Å². The SMILES string of the molecule is Cc1cccc(S(=O)(=O)N[C@@H]2CCCc3ccc(N(Cc4nccn4C)C(=O)[C@H]4C[C@H]4c4ccccc4Cl)cc32)c1. The van der Waals surface area contributed by atoms with Crippen molar-refractivity contribution in [1.82, 2.24) is 14.3 Å². The first-order valence-electron chi connectivity index (χ1n) is 13.9. The lowest BCUT2D eigenvalue weighted by molar-refractivity contribution is -0.120. The Morgan fingerprint density at radius 3 is 2.68 bits per heavy atom. The van der Waals surface area contributed by atoms with Crippen LogP contribution in [0.5, 0.6) is 0 Å². The van der Waals surface area contributed by atoms with E-state index in [1.165, 1.54) is 0 Å². The minimum absolute atomic E-state index is 0.0190. The predicted molar refractivity (Wildman–Crippen MR) is 160 cm³/mol. The lowest BCUT2D eigenvalue weighted by Gasteiger charge is -2.29. The number of sulfonamides is 1. The summed E-state index contributed by atoms with van der Waals surface area (Å²) in [5.74, 6) is 0.682. The third kappa shape index (κ3) is 5.69. The van der Waals surface area contributed by atoms with Crippen LogP contribution >= 0.6 is 11.6 Å². The van der Waals surface area contributed by atoms with Gasteiger partial charge in [0.25, 0.3) is 0 Å². The Bertz CT molecular complexity index is 1720. The topological polar surface area (TPSA) is 84.3 Å². The zero-order chi connectivity index (χ0) is 28.7. The van der Waals surface area contributed by atoms with Crippen LogP contribution in [0.15, 0.2) is 84.0 Å². The van der Waals surface area contributed by atoms with Crippen molar-refractivity contribution in [3.05, 3.63) is 112 Å². The third-order valence-corrected chi connectivity index (χ3v) is 10.1. The fourth-order valence-corrected chi connectivity index (χ4v) is 7.52. The van der Waals surface area contributed by atoms with Gasteiger partial charge in [0, 0.05) is 42.1 Å². The van der Waals surface area contributed by atoms with Crippen molar-refractivity contribution in [2.24, 2.45) is 13.0 Å². The van der Waals surface area contributed by atoms with E-state index >= 15 is 0 Å². The molecule has 1 amide bonds. The number of carbonyl (C=O) groups is 1. The molecule has 0 aliphatic heterocycles. The summed E-state index contributed by atoms with van der Waals surface area (Å²) >= 11 is 6.47. The molecule has 0 unspecified atom stereocenters. The smallest absolute Gasteiger partial charge is 0.241 e. The van der Waals surface area contributed by atoms with E-state index in [0.717, 1.165) is 53.0 Å². The van der Waals surface area contributed by atoms with Gasteiger partial charge in [-0.25, -0.2) is 18.1 Å². The molecule has 3 aromatic carbocycles. The minimum Gasteiger partial charge on any atom is -0.337 e. The van der Waals surface area contributed by atoms with Crippen molar-refractivity contribution in [1.29, 1.82) is 0 Å². The van der Waals surface area contributed by atoms with Crippen LogP contribution in [0.1, 0.15) is 59.3 Å². The highest BCUT2D eigenvalue weighted by atomic mass is 35.5. The molecule has 1 aromatic heterocycles. The average molecular weight is 589 g/mol. The number of anilines is 1. The molecule has 0 saturated heterocycles. The second-order valence-corrected chi connectivity index (χ2v) is 13.2. The van der Waals surface area contributed by atoms with Gasteiger partial charge in [0.1, 0.15) is 5.82 Å². The van der Waals surface area contributed by atoms with Gasteiger partial charge in [0.15, 0.2) is 0 Å². The van der Waals surface area contributed by atoms with Crippen LogP contribution < -0.4 is 9.62 Å².